The van der Waals surface area contributed by atoms with Crippen LogP contribution in [0.2, 0.25) is 0 Å². The first-order valence-corrected chi connectivity index (χ1v) is 6.04. The summed E-state index contributed by atoms with van der Waals surface area (Å²) < 4.78 is 10.1. The molecule has 20 heavy (non-hydrogen) atoms. The predicted molar refractivity (Wildman–Crippen MR) is 74.9 cm³/mol. The second-order valence-electron chi connectivity index (χ2n) is 4.07. The summed E-state index contributed by atoms with van der Waals surface area (Å²) in [5.41, 5.74) is 1.16. The number of hydrogen-bond donors (Lipinski definition) is 2. The number of carbonyl (C=O) groups is 1. The van der Waals surface area contributed by atoms with E-state index in [9.17, 15) is 9.90 Å². The van der Waals surface area contributed by atoms with E-state index in [1.54, 1.807) is 37.4 Å². The van der Waals surface area contributed by atoms with E-state index < -0.39 is 6.09 Å². The van der Waals surface area contributed by atoms with E-state index in [0.29, 0.717) is 5.69 Å². The maximum Gasteiger partial charge on any atom is 0.412 e. The van der Waals surface area contributed by atoms with Crippen LogP contribution in [0, 0.1) is 0 Å². The number of carbonyl (C=O) groups excluding carboxylic acids is 1. The molecule has 0 aliphatic carbocycles. The lowest BCUT2D eigenvalue weighted by atomic mass is 10.2. The van der Waals surface area contributed by atoms with Gasteiger partial charge in [0.25, 0.3) is 0 Å². The van der Waals surface area contributed by atoms with Gasteiger partial charge in [-0.2, -0.15) is 0 Å². The van der Waals surface area contributed by atoms with Crippen molar-refractivity contribution in [3.63, 3.8) is 0 Å². The van der Waals surface area contributed by atoms with Crippen LogP contribution in [-0.2, 0) is 11.3 Å². The normalized spacial score (nSPS) is 9.85. The molecule has 0 spiro atoms. The number of para-hydroxylation sites is 2. The van der Waals surface area contributed by atoms with Crippen LogP contribution in [-0.4, -0.2) is 18.3 Å². The van der Waals surface area contributed by atoms with Gasteiger partial charge in [-0.05, 0) is 29.8 Å². The number of ether oxygens (including phenoxy) is 2. The zero-order valence-corrected chi connectivity index (χ0v) is 11.0. The largest absolute Gasteiger partial charge is 0.506 e. The average molecular weight is 273 g/mol. The molecule has 0 aliphatic heterocycles. The molecule has 2 rings (SSSR count). The maximum atomic E-state index is 11.6. The summed E-state index contributed by atoms with van der Waals surface area (Å²) in [5.74, 6) is 0.737. The number of nitrogens with one attached hydrogen (secondary N) is 1. The van der Waals surface area contributed by atoms with E-state index in [1.807, 2.05) is 12.1 Å². The highest BCUT2D eigenvalue weighted by atomic mass is 16.5. The maximum absolute atomic E-state index is 11.6. The van der Waals surface area contributed by atoms with Crippen molar-refractivity contribution in [3.05, 3.63) is 54.1 Å². The standard InChI is InChI=1S/C15H15NO4/c1-19-12-8-6-11(7-9-12)10-20-15(18)16-13-4-2-3-5-14(13)17/h2-9,17H,10H2,1H3,(H,16,18). The van der Waals surface area contributed by atoms with Crippen molar-refractivity contribution >= 4 is 11.8 Å². The summed E-state index contributed by atoms with van der Waals surface area (Å²) >= 11 is 0. The van der Waals surface area contributed by atoms with Gasteiger partial charge in [-0.25, -0.2) is 4.79 Å². The van der Waals surface area contributed by atoms with Gasteiger partial charge in [-0.1, -0.05) is 24.3 Å². The Morgan fingerprint density at radius 2 is 1.85 bits per heavy atom. The number of benzene rings is 2. The molecule has 0 saturated heterocycles. The Morgan fingerprint density at radius 1 is 1.15 bits per heavy atom. The molecule has 104 valence electrons. The van der Waals surface area contributed by atoms with Crippen molar-refractivity contribution in [1.29, 1.82) is 0 Å². The Morgan fingerprint density at radius 3 is 2.50 bits per heavy atom. The summed E-state index contributed by atoms with van der Waals surface area (Å²) in [6, 6.07) is 13.7. The molecule has 0 heterocycles. The van der Waals surface area contributed by atoms with Crippen molar-refractivity contribution in [2.75, 3.05) is 12.4 Å². The van der Waals surface area contributed by atoms with Gasteiger partial charge < -0.3 is 14.6 Å². The molecular formula is C15H15NO4. The van der Waals surface area contributed by atoms with Crippen molar-refractivity contribution in [3.8, 4) is 11.5 Å². The molecule has 2 N–H and O–H groups in total. The predicted octanol–water partition coefficient (Wildman–Crippen LogP) is 3.15. The third-order valence-corrected chi connectivity index (χ3v) is 2.67. The fraction of sp³-hybridized carbons (Fsp3) is 0.133. The molecule has 2 aromatic carbocycles. The summed E-state index contributed by atoms with van der Waals surface area (Å²) in [7, 11) is 1.59. The molecule has 0 radical (unpaired) electrons. The third kappa shape index (κ3) is 3.65. The minimum Gasteiger partial charge on any atom is -0.506 e. The van der Waals surface area contributed by atoms with Crippen LogP contribution in [0.4, 0.5) is 10.5 Å². The quantitative estimate of drug-likeness (QED) is 0.840. The number of anilines is 1. The summed E-state index contributed by atoms with van der Waals surface area (Å²) in [6.45, 7) is 0.142. The van der Waals surface area contributed by atoms with E-state index in [0.717, 1.165) is 11.3 Å². The molecule has 1 amide bonds. The zero-order valence-electron chi connectivity index (χ0n) is 11.0. The van der Waals surface area contributed by atoms with Crippen molar-refractivity contribution < 1.29 is 19.4 Å². The fourth-order valence-electron chi connectivity index (χ4n) is 1.60. The van der Waals surface area contributed by atoms with Gasteiger partial charge in [0.1, 0.15) is 18.1 Å². The van der Waals surface area contributed by atoms with Crippen molar-refractivity contribution in [2.45, 2.75) is 6.61 Å². The van der Waals surface area contributed by atoms with Crippen molar-refractivity contribution in [1.82, 2.24) is 0 Å². The van der Waals surface area contributed by atoms with Gasteiger partial charge in [0.2, 0.25) is 0 Å². The Kier molecular flexibility index (Phi) is 4.44. The van der Waals surface area contributed by atoms with E-state index >= 15 is 0 Å². The van der Waals surface area contributed by atoms with E-state index in [-0.39, 0.29) is 12.4 Å². The number of phenols is 1. The molecule has 5 heteroatoms. The van der Waals surface area contributed by atoms with Gasteiger partial charge in [0, 0.05) is 0 Å². The van der Waals surface area contributed by atoms with Crippen LogP contribution in [0.3, 0.4) is 0 Å². The Hall–Kier alpha value is -2.69. The second-order valence-corrected chi connectivity index (χ2v) is 4.07. The molecular weight excluding hydrogens is 258 g/mol. The Bertz CT molecular complexity index is 581. The SMILES string of the molecule is COc1ccc(COC(=O)Nc2ccccc2O)cc1. The van der Waals surface area contributed by atoms with Gasteiger partial charge in [0.05, 0.1) is 12.8 Å². The number of hydrogen-bond acceptors (Lipinski definition) is 4. The van der Waals surface area contributed by atoms with Crippen LogP contribution in [0.25, 0.3) is 0 Å². The first-order chi connectivity index (χ1) is 9.69. The van der Waals surface area contributed by atoms with Crippen LogP contribution in [0.5, 0.6) is 11.5 Å². The first kappa shape index (κ1) is 13.7. The molecule has 0 aliphatic rings. The minimum absolute atomic E-state index is 0.00565. The lowest BCUT2D eigenvalue weighted by molar-refractivity contribution is 0.155. The molecule has 5 nitrogen and oxygen atoms in total. The number of rotatable bonds is 4. The average Bonchev–Trinajstić information content (AvgIpc) is 2.48. The molecule has 0 saturated carbocycles. The van der Waals surface area contributed by atoms with E-state index in [4.69, 9.17) is 9.47 Å². The minimum atomic E-state index is -0.623. The highest BCUT2D eigenvalue weighted by Gasteiger charge is 2.06. The molecule has 0 fully saturated rings. The zero-order chi connectivity index (χ0) is 14.4. The lowest BCUT2D eigenvalue weighted by Gasteiger charge is -2.08. The summed E-state index contributed by atoms with van der Waals surface area (Å²) in [5, 5.41) is 12.0. The van der Waals surface area contributed by atoms with Gasteiger partial charge in [-0.3, -0.25) is 5.32 Å². The molecule has 2 aromatic rings. The number of methoxy groups -OCH3 is 1. The lowest BCUT2D eigenvalue weighted by Crippen LogP contribution is -2.13. The molecule has 0 bridgehead atoms. The Labute approximate surface area is 116 Å². The number of phenolic OH excluding ortho intramolecular Hbond substituents is 1. The number of amides is 1. The summed E-state index contributed by atoms with van der Waals surface area (Å²) in [6.07, 6.45) is -0.623. The topological polar surface area (TPSA) is 67.8 Å². The molecule has 0 aromatic heterocycles. The molecule has 0 unspecified atom stereocenters. The van der Waals surface area contributed by atoms with Gasteiger partial charge in [0.15, 0.2) is 0 Å². The highest BCUT2D eigenvalue weighted by molar-refractivity contribution is 5.86. The van der Waals surface area contributed by atoms with E-state index in [1.165, 1.54) is 6.07 Å². The first-order valence-electron chi connectivity index (χ1n) is 6.04. The van der Waals surface area contributed by atoms with Crippen LogP contribution < -0.4 is 10.1 Å². The fourth-order valence-corrected chi connectivity index (χ4v) is 1.60. The monoisotopic (exact) mass is 273 g/mol. The van der Waals surface area contributed by atoms with Crippen LogP contribution in [0.15, 0.2) is 48.5 Å². The van der Waals surface area contributed by atoms with Gasteiger partial charge >= 0.3 is 6.09 Å². The number of aromatic hydroxyl groups is 1. The van der Waals surface area contributed by atoms with Crippen LogP contribution >= 0.6 is 0 Å². The smallest absolute Gasteiger partial charge is 0.412 e. The second kappa shape index (κ2) is 6.47. The summed E-state index contributed by atoms with van der Waals surface area (Å²) in [4.78, 5) is 11.6. The highest BCUT2D eigenvalue weighted by Crippen LogP contribution is 2.21. The molecule has 0 atom stereocenters. The van der Waals surface area contributed by atoms with Gasteiger partial charge in [-0.15, -0.1) is 0 Å². The van der Waals surface area contributed by atoms with Crippen molar-refractivity contribution in [2.24, 2.45) is 0 Å². The van der Waals surface area contributed by atoms with E-state index in [2.05, 4.69) is 5.32 Å². The van der Waals surface area contributed by atoms with Crippen LogP contribution in [0.1, 0.15) is 5.56 Å². The Balaban J connectivity index is 1.87. The third-order valence-electron chi connectivity index (χ3n) is 2.67.